The molecular formula is C20H20N6O2. The topological polar surface area (TPSA) is 85.9 Å². The number of aromatic nitrogens is 5. The summed E-state index contributed by atoms with van der Waals surface area (Å²) in [5.74, 6) is 0.764. The molecule has 2 aliphatic rings. The summed E-state index contributed by atoms with van der Waals surface area (Å²) >= 11 is 0. The molecule has 0 bridgehead atoms. The van der Waals surface area contributed by atoms with Crippen molar-refractivity contribution in [3.05, 3.63) is 69.8 Å². The van der Waals surface area contributed by atoms with E-state index in [1.807, 2.05) is 17.0 Å². The van der Waals surface area contributed by atoms with E-state index in [1.165, 1.54) is 4.68 Å². The summed E-state index contributed by atoms with van der Waals surface area (Å²) in [4.78, 5) is 35.2. The van der Waals surface area contributed by atoms with Gasteiger partial charge in [0.2, 0.25) is 0 Å². The van der Waals surface area contributed by atoms with Crippen LogP contribution < -0.4 is 16.0 Å². The lowest BCUT2D eigenvalue weighted by atomic mass is 10.0. The number of hydrogen-bond acceptors (Lipinski definition) is 6. The highest BCUT2D eigenvalue weighted by atomic mass is 16.1. The van der Waals surface area contributed by atoms with E-state index in [1.54, 1.807) is 41.5 Å². The molecule has 0 radical (unpaired) electrons. The molecule has 0 unspecified atom stereocenters. The van der Waals surface area contributed by atoms with Gasteiger partial charge in [-0.15, -0.1) is 0 Å². The van der Waals surface area contributed by atoms with E-state index in [4.69, 9.17) is 0 Å². The molecule has 0 aromatic carbocycles. The van der Waals surface area contributed by atoms with Gasteiger partial charge in [0.15, 0.2) is 5.82 Å². The van der Waals surface area contributed by atoms with Crippen molar-refractivity contribution < 1.29 is 0 Å². The summed E-state index contributed by atoms with van der Waals surface area (Å²) in [5, 5.41) is 4.49. The lowest BCUT2D eigenvalue weighted by Crippen LogP contribution is -2.52. The average Bonchev–Trinajstić information content (AvgIpc) is 3.52. The van der Waals surface area contributed by atoms with Crippen LogP contribution in [0.3, 0.4) is 0 Å². The van der Waals surface area contributed by atoms with E-state index in [9.17, 15) is 9.59 Å². The van der Waals surface area contributed by atoms with Crippen LogP contribution in [0.4, 0.5) is 5.82 Å². The van der Waals surface area contributed by atoms with Crippen LogP contribution in [0.25, 0.3) is 11.3 Å². The number of hydrogen-bond donors (Lipinski definition) is 0. The zero-order valence-electron chi connectivity index (χ0n) is 15.3. The van der Waals surface area contributed by atoms with Crippen LogP contribution in [0.5, 0.6) is 0 Å². The third-order valence-electron chi connectivity index (χ3n) is 5.30. The molecule has 0 spiro atoms. The van der Waals surface area contributed by atoms with Gasteiger partial charge in [0, 0.05) is 61.5 Å². The Hall–Kier alpha value is -3.29. The molecule has 0 amide bonds. The van der Waals surface area contributed by atoms with Crippen LogP contribution in [0.1, 0.15) is 18.9 Å². The van der Waals surface area contributed by atoms with Crippen LogP contribution in [0, 0.1) is 5.92 Å². The van der Waals surface area contributed by atoms with Crippen LogP contribution in [-0.2, 0) is 6.54 Å². The van der Waals surface area contributed by atoms with Crippen molar-refractivity contribution in [1.29, 1.82) is 0 Å². The molecule has 8 heteroatoms. The summed E-state index contributed by atoms with van der Waals surface area (Å²) in [6.07, 6.45) is 9.03. The number of anilines is 1. The monoisotopic (exact) mass is 376 g/mol. The third-order valence-corrected chi connectivity index (χ3v) is 5.30. The van der Waals surface area contributed by atoms with Gasteiger partial charge in [0.05, 0.1) is 12.2 Å². The van der Waals surface area contributed by atoms with Gasteiger partial charge >= 0.3 is 0 Å². The molecule has 3 aromatic rings. The van der Waals surface area contributed by atoms with Gasteiger partial charge in [-0.2, -0.15) is 5.10 Å². The summed E-state index contributed by atoms with van der Waals surface area (Å²) in [6.45, 7) is 1.91. The Morgan fingerprint density at radius 1 is 1.07 bits per heavy atom. The van der Waals surface area contributed by atoms with E-state index >= 15 is 0 Å². The van der Waals surface area contributed by atoms with Crippen molar-refractivity contribution in [3.8, 4) is 11.3 Å². The summed E-state index contributed by atoms with van der Waals surface area (Å²) in [5.41, 5.74) is 1.46. The van der Waals surface area contributed by atoms with E-state index in [0.29, 0.717) is 31.5 Å². The molecule has 0 atom stereocenters. The summed E-state index contributed by atoms with van der Waals surface area (Å²) in [7, 11) is 0. The first-order valence-corrected chi connectivity index (χ1v) is 9.50. The van der Waals surface area contributed by atoms with Crippen LogP contribution in [-0.4, -0.2) is 37.4 Å². The molecular weight excluding hydrogens is 356 g/mol. The van der Waals surface area contributed by atoms with Gasteiger partial charge in [-0.25, -0.2) is 9.67 Å². The average molecular weight is 376 g/mol. The number of rotatable bonds is 5. The molecule has 2 fully saturated rings. The van der Waals surface area contributed by atoms with Gasteiger partial charge in [0.1, 0.15) is 0 Å². The quantitative estimate of drug-likeness (QED) is 0.668. The second kappa shape index (κ2) is 6.70. The minimum Gasteiger partial charge on any atom is -0.351 e. The molecule has 1 saturated carbocycles. The summed E-state index contributed by atoms with van der Waals surface area (Å²) in [6, 6.07) is 7.36. The zero-order valence-corrected chi connectivity index (χ0v) is 15.3. The van der Waals surface area contributed by atoms with Crippen molar-refractivity contribution in [2.45, 2.75) is 25.4 Å². The second-order valence-corrected chi connectivity index (χ2v) is 7.45. The molecule has 0 N–H and O–H groups in total. The normalized spacial score (nSPS) is 16.8. The Balaban J connectivity index is 1.30. The van der Waals surface area contributed by atoms with Crippen molar-refractivity contribution in [2.24, 2.45) is 5.92 Å². The highest BCUT2D eigenvalue weighted by molar-refractivity contribution is 5.56. The molecule has 8 nitrogen and oxygen atoms in total. The van der Waals surface area contributed by atoms with Crippen molar-refractivity contribution in [1.82, 2.24) is 24.3 Å². The van der Waals surface area contributed by atoms with Gasteiger partial charge in [-0.1, -0.05) is 0 Å². The first-order chi connectivity index (χ1) is 13.7. The SMILES string of the molecule is O=c1c(N2CC(Cn3nc(-c4cccnc4)ccc3=O)C2)nccn1C1CC1. The Morgan fingerprint density at radius 3 is 2.68 bits per heavy atom. The number of pyridine rings is 1. The minimum absolute atomic E-state index is 0.0164. The first kappa shape index (κ1) is 16.9. The van der Waals surface area contributed by atoms with Crippen molar-refractivity contribution in [3.63, 3.8) is 0 Å². The predicted molar refractivity (Wildman–Crippen MR) is 104 cm³/mol. The summed E-state index contributed by atoms with van der Waals surface area (Å²) < 4.78 is 3.30. The maximum Gasteiger partial charge on any atom is 0.293 e. The molecule has 1 saturated heterocycles. The van der Waals surface area contributed by atoms with Crippen LogP contribution in [0.15, 0.2) is 58.6 Å². The predicted octanol–water partition coefficient (Wildman–Crippen LogP) is 1.33. The molecule has 28 heavy (non-hydrogen) atoms. The van der Waals surface area contributed by atoms with Gasteiger partial charge in [-0.3, -0.25) is 14.6 Å². The standard InChI is InChI=1S/C20H20N6O2/c27-18-6-5-17(15-2-1-7-21-10-15)23-26(18)13-14-11-24(12-14)19-20(28)25(9-8-22-19)16-3-4-16/h1-2,5-10,14,16H,3-4,11-13H2. The van der Waals surface area contributed by atoms with Crippen LogP contribution in [0.2, 0.25) is 0 Å². The van der Waals surface area contributed by atoms with Gasteiger partial charge in [-0.05, 0) is 31.0 Å². The highest BCUT2D eigenvalue weighted by Gasteiger charge is 2.32. The molecule has 3 aromatic heterocycles. The largest absolute Gasteiger partial charge is 0.351 e. The first-order valence-electron chi connectivity index (χ1n) is 9.50. The van der Waals surface area contributed by atoms with Crippen molar-refractivity contribution >= 4 is 5.82 Å². The Labute approximate surface area is 161 Å². The fourth-order valence-corrected chi connectivity index (χ4v) is 3.62. The lowest BCUT2D eigenvalue weighted by molar-refractivity contribution is 0.332. The molecule has 1 aliphatic carbocycles. The Morgan fingerprint density at radius 2 is 1.93 bits per heavy atom. The van der Waals surface area contributed by atoms with E-state index < -0.39 is 0 Å². The Kier molecular flexibility index (Phi) is 4.03. The van der Waals surface area contributed by atoms with E-state index in [-0.39, 0.29) is 17.0 Å². The maximum atomic E-state index is 12.6. The highest BCUT2D eigenvalue weighted by Crippen LogP contribution is 2.33. The van der Waals surface area contributed by atoms with Gasteiger partial charge < -0.3 is 9.47 Å². The molecule has 5 rings (SSSR count). The van der Waals surface area contributed by atoms with Crippen LogP contribution >= 0.6 is 0 Å². The zero-order chi connectivity index (χ0) is 19.1. The van der Waals surface area contributed by atoms with E-state index in [0.717, 1.165) is 24.1 Å². The maximum absolute atomic E-state index is 12.6. The lowest BCUT2D eigenvalue weighted by Gasteiger charge is -2.39. The fraction of sp³-hybridized carbons (Fsp3) is 0.350. The molecule has 4 heterocycles. The minimum atomic E-state index is -0.125. The molecule has 142 valence electrons. The smallest absolute Gasteiger partial charge is 0.293 e. The van der Waals surface area contributed by atoms with Gasteiger partial charge in [0.25, 0.3) is 11.1 Å². The second-order valence-electron chi connectivity index (χ2n) is 7.45. The third kappa shape index (κ3) is 3.11. The number of nitrogens with zero attached hydrogens (tertiary/aromatic N) is 6. The van der Waals surface area contributed by atoms with E-state index in [2.05, 4.69) is 15.1 Å². The molecule has 1 aliphatic heterocycles. The Bertz CT molecular complexity index is 1110. The van der Waals surface area contributed by atoms with Crippen molar-refractivity contribution in [2.75, 3.05) is 18.0 Å². The fourth-order valence-electron chi connectivity index (χ4n) is 3.62.